The fourth-order valence-corrected chi connectivity index (χ4v) is 2.67. The lowest BCUT2D eigenvalue weighted by Crippen LogP contribution is -2.01. The summed E-state index contributed by atoms with van der Waals surface area (Å²) in [6.07, 6.45) is 7.18. The first kappa shape index (κ1) is 11.9. The second-order valence-electron chi connectivity index (χ2n) is 4.80. The van der Waals surface area contributed by atoms with Gasteiger partial charge >= 0.3 is 0 Å². The van der Waals surface area contributed by atoms with Gasteiger partial charge in [-0.15, -0.1) is 0 Å². The molecule has 0 saturated heterocycles. The quantitative estimate of drug-likeness (QED) is 0.827. The van der Waals surface area contributed by atoms with E-state index in [0.29, 0.717) is 0 Å². The Morgan fingerprint density at radius 3 is 2.44 bits per heavy atom. The van der Waals surface area contributed by atoms with Crippen LogP contribution in [0.25, 0.3) is 0 Å². The predicted octanol–water partition coefficient (Wildman–Crippen LogP) is 4.34. The summed E-state index contributed by atoms with van der Waals surface area (Å²) < 4.78 is 0. The SMILES string of the molecule is OC(CCC1CCCC1)c1ccc(Cl)cc1. The van der Waals surface area contributed by atoms with E-state index in [1.165, 1.54) is 25.7 Å². The third kappa shape index (κ3) is 3.23. The summed E-state index contributed by atoms with van der Waals surface area (Å²) >= 11 is 5.82. The van der Waals surface area contributed by atoms with Crippen LogP contribution in [-0.2, 0) is 0 Å². The predicted molar refractivity (Wildman–Crippen MR) is 67.6 cm³/mol. The van der Waals surface area contributed by atoms with Crippen molar-refractivity contribution in [2.24, 2.45) is 5.92 Å². The Bertz CT molecular complexity index is 314. The van der Waals surface area contributed by atoms with Crippen LogP contribution in [0, 0.1) is 5.92 Å². The van der Waals surface area contributed by atoms with E-state index in [0.717, 1.165) is 29.3 Å². The van der Waals surface area contributed by atoms with E-state index in [4.69, 9.17) is 11.6 Å². The van der Waals surface area contributed by atoms with Crippen molar-refractivity contribution in [2.45, 2.75) is 44.6 Å². The molecule has 1 aromatic rings. The Hall–Kier alpha value is -0.530. The molecule has 1 unspecified atom stereocenters. The normalized spacial score (nSPS) is 18.9. The Labute approximate surface area is 102 Å². The van der Waals surface area contributed by atoms with Gasteiger partial charge in [0.05, 0.1) is 6.10 Å². The second-order valence-corrected chi connectivity index (χ2v) is 5.23. The highest BCUT2D eigenvalue weighted by Crippen LogP contribution is 2.31. The summed E-state index contributed by atoms with van der Waals surface area (Å²) in [5.41, 5.74) is 0.988. The maximum Gasteiger partial charge on any atom is 0.0790 e. The highest BCUT2D eigenvalue weighted by atomic mass is 35.5. The molecule has 0 spiro atoms. The highest BCUT2D eigenvalue weighted by Gasteiger charge is 2.16. The third-order valence-corrected chi connectivity index (χ3v) is 3.83. The van der Waals surface area contributed by atoms with Crippen molar-refractivity contribution in [1.29, 1.82) is 0 Å². The molecule has 0 aliphatic heterocycles. The molecule has 1 aliphatic carbocycles. The maximum atomic E-state index is 10.0. The van der Waals surface area contributed by atoms with Gasteiger partial charge in [0.15, 0.2) is 0 Å². The Morgan fingerprint density at radius 2 is 1.81 bits per heavy atom. The molecule has 0 bridgehead atoms. The Balaban J connectivity index is 1.82. The van der Waals surface area contributed by atoms with Crippen LogP contribution >= 0.6 is 11.6 Å². The van der Waals surface area contributed by atoms with Crippen molar-refractivity contribution in [3.05, 3.63) is 34.9 Å². The lowest BCUT2D eigenvalue weighted by molar-refractivity contribution is 0.157. The largest absolute Gasteiger partial charge is 0.388 e. The van der Waals surface area contributed by atoms with Crippen molar-refractivity contribution in [3.63, 3.8) is 0 Å². The molecule has 2 rings (SSSR count). The topological polar surface area (TPSA) is 20.2 Å². The van der Waals surface area contributed by atoms with Gasteiger partial charge < -0.3 is 5.11 Å². The second kappa shape index (κ2) is 5.70. The smallest absolute Gasteiger partial charge is 0.0790 e. The van der Waals surface area contributed by atoms with Gasteiger partial charge in [-0.3, -0.25) is 0 Å². The van der Waals surface area contributed by atoms with Gasteiger partial charge in [-0.25, -0.2) is 0 Å². The van der Waals surface area contributed by atoms with Gasteiger partial charge in [-0.1, -0.05) is 49.4 Å². The summed E-state index contributed by atoms with van der Waals surface area (Å²) in [7, 11) is 0. The van der Waals surface area contributed by atoms with Crippen LogP contribution in [0.15, 0.2) is 24.3 Å². The number of aliphatic hydroxyl groups excluding tert-OH is 1. The van der Waals surface area contributed by atoms with Crippen LogP contribution in [-0.4, -0.2) is 5.11 Å². The fraction of sp³-hybridized carbons (Fsp3) is 0.571. The van der Waals surface area contributed by atoms with Gasteiger partial charge in [0.25, 0.3) is 0 Å². The first-order chi connectivity index (χ1) is 7.75. The zero-order chi connectivity index (χ0) is 11.4. The Morgan fingerprint density at radius 1 is 1.19 bits per heavy atom. The van der Waals surface area contributed by atoms with Gasteiger partial charge in [0.1, 0.15) is 0 Å². The van der Waals surface area contributed by atoms with Gasteiger partial charge in [0, 0.05) is 5.02 Å². The van der Waals surface area contributed by atoms with E-state index >= 15 is 0 Å². The van der Waals surface area contributed by atoms with E-state index in [1.807, 2.05) is 24.3 Å². The standard InChI is InChI=1S/C14H19ClO/c15-13-8-6-12(7-9-13)14(16)10-5-11-3-1-2-4-11/h6-9,11,14,16H,1-5,10H2. The minimum absolute atomic E-state index is 0.321. The van der Waals surface area contributed by atoms with Crippen LogP contribution in [0.4, 0.5) is 0 Å². The number of aliphatic hydroxyl groups is 1. The van der Waals surface area contributed by atoms with E-state index < -0.39 is 0 Å². The molecule has 1 aliphatic rings. The third-order valence-electron chi connectivity index (χ3n) is 3.58. The number of halogens is 1. The zero-order valence-corrected chi connectivity index (χ0v) is 10.3. The first-order valence-electron chi connectivity index (χ1n) is 6.19. The molecule has 1 aromatic carbocycles. The number of hydrogen-bond donors (Lipinski definition) is 1. The molecule has 0 amide bonds. The van der Waals surface area contributed by atoms with Crippen LogP contribution in [0.2, 0.25) is 5.02 Å². The van der Waals surface area contributed by atoms with Crippen LogP contribution < -0.4 is 0 Å². The van der Waals surface area contributed by atoms with E-state index in [2.05, 4.69) is 0 Å². The monoisotopic (exact) mass is 238 g/mol. The first-order valence-corrected chi connectivity index (χ1v) is 6.57. The van der Waals surface area contributed by atoms with Gasteiger partial charge in [-0.05, 0) is 36.5 Å². The average molecular weight is 239 g/mol. The van der Waals surface area contributed by atoms with Gasteiger partial charge in [-0.2, -0.15) is 0 Å². The zero-order valence-electron chi connectivity index (χ0n) is 9.53. The van der Waals surface area contributed by atoms with Crippen LogP contribution in [0.1, 0.15) is 50.2 Å². The number of benzene rings is 1. The van der Waals surface area contributed by atoms with Crippen molar-refractivity contribution in [3.8, 4) is 0 Å². The molecule has 1 atom stereocenters. The molecular formula is C14H19ClO. The minimum atomic E-state index is -0.321. The average Bonchev–Trinajstić information content (AvgIpc) is 2.80. The highest BCUT2D eigenvalue weighted by molar-refractivity contribution is 6.30. The van der Waals surface area contributed by atoms with E-state index in [-0.39, 0.29) is 6.10 Å². The van der Waals surface area contributed by atoms with E-state index in [1.54, 1.807) is 0 Å². The van der Waals surface area contributed by atoms with Crippen LogP contribution in [0.5, 0.6) is 0 Å². The van der Waals surface area contributed by atoms with Crippen molar-refractivity contribution in [2.75, 3.05) is 0 Å². The van der Waals surface area contributed by atoms with Gasteiger partial charge in [0.2, 0.25) is 0 Å². The van der Waals surface area contributed by atoms with Crippen molar-refractivity contribution in [1.82, 2.24) is 0 Å². The summed E-state index contributed by atoms with van der Waals surface area (Å²) in [6.45, 7) is 0. The molecule has 1 saturated carbocycles. The summed E-state index contributed by atoms with van der Waals surface area (Å²) in [4.78, 5) is 0. The lowest BCUT2D eigenvalue weighted by Gasteiger charge is -2.14. The molecule has 1 N–H and O–H groups in total. The fourth-order valence-electron chi connectivity index (χ4n) is 2.54. The summed E-state index contributed by atoms with van der Waals surface area (Å²) in [5, 5.41) is 10.8. The molecular weight excluding hydrogens is 220 g/mol. The number of hydrogen-bond acceptors (Lipinski definition) is 1. The Kier molecular flexibility index (Phi) is 4.25. The summed E-state index contributed by atoms with van der Waals surface area (Å²) in [6, 6.07) is 7.52. The van der Waals surface area contributed by atoms with Crippen LogP contribution in [0.3, 0.4) is 0 Å². The molecule has 0 aromatic heterocycles. The van der Waals surface area contributed by atoms with Crippen molar-refractivity contribution >= 4 is 11.6 Å². The maximum absolute atomic E-state index is 10.0. The molecule has 0 radical (unpaired) electrons. The minimum Gasteiger partial charge on any atom is -0.388 e. The molecule has 1 fully saturated rings. The lowest BCUT2D eigenvalue weighted by atomic mass is 9.96. The molecule has 88 valence electrons. The number of rotatable bonds is 4. The molecule has 16 heavy (non-hydrogen) atoms. The molecule has 2 heteroatoms. The molecule has 1 nitrogen and oxygen atoms in total. The van der Waals surface area contributed by atoms with E-state index in [9.17, 15) is 5.11 Å². The molecule has 0 heterocycles. The summed E-state index contributed by atoms with van der Waals surface area (Å²) in [5.74, 6) is 0.849. The van der Waals surface area contributed by atoms with Crippen molar-refractivity contribution < 1.29 is 5.11 Å².